The summed E-state index contributed by atoms with van der Waals surface area (Å²) in [6.07, 6.45) is 1.18. The van der Waals surface area contributed by atoms with Crippen molar-refractivity contribution in [3.63, 3.8) is 0 Å². The van der Waals surface area contributed by atoms with Crippen LogP contribution in [0.4, 0.5) is 0 Å². The number of benzene rings is 1. The summed E-state index contributed by atoms with van der Waals surface area (Å²) in [5.41, 5.74) is 1.48. The predicted molar refractivity (Wildman–Crippen MR) is 79.6 cm³/mol. The van der Waals surface area contributed by atoms with E-state index < -0.39 is 0 Å². The van der Waals surface area contributed by atoms with Gasteiger partial charge in [-0.2, -0.15) is 0 Å². The summed E-state index contributed by atoms with van der Waals surface area (Å²) in [6, 6.07) is 9.40. The van der Waals surface area contributed by atoms with Gasteiger partial charge in [-0.25, -0.2) is 0 Å². The minimum atomic E-state index is 0.644. The second-order valence-corrected chi connectivity index (χ2v) is 6.33. The molecule has 1 fully saturated rings. The van der Waals surface area contributed by atoms with E-state index in [9.17, 15) is 0 Å². The van der Waals surface area contributed by atoms with Gasteiger partial charge in [0.1, 0.15) is 0 Å². The normalized spacial score (nSPS) is 21.6. The Balaban J connectivity index is 1.88. The summed E-state index contributed by atoms with van der Waals surface area (Å²) >= 11 is 1.97. The van der Waals surface area contributed by atoms with E-state index in [1.165, 1.54) is 22.1 Å². The first-order valence-electron chi connectivity index (χ1n) is 6.63. The van der Waals surface area contributed by atoms with Crippen molar-refractivity contribution in [1.82, 2.24) is 10.2 Å². The Morgan fingerprint density at radius 1 is 1.39 bits per heavy atom. The van der Waals surface area contributed by atoms with E-state index in [4.69, 9.17) is 0 Å². The number of aryl methyl sites for hydroxylation is 1. The first-order chi connectivity index (χ1) is 8.75. The Kier molecular flexibility index (Phi) is 3.37. The molecule has 96 valence electrons. The smallest absolute Gasteiger partial charge is 0.0348 e. The maximum atomic E-state index is 3.50. The number of rotatable bonds is 2. The number of piperazine rings is 1. The van der Waals surface area contributed by atoms with Gasteiger partial charge < -0.3 is 10.2 Å². The molecule has 0 saturated carbocycles. The van der Waals surface area contributed by atoms with Gasteiger partial charge >= 0.3 is 0 Å². The summed E-state index contributed by atoms with van der Waals surface area (Å²) in [6.45, 7) is 5.67. The molecule has 1 N–H and O–H groups in total. The molecule has 1 aliphatic heterocycles. The van der Waals surface area contributed by atoms with Crippen LogP contribution in [0.5, 0.6) is 0 Å². The van der Waals surface area contributed by atoms with Crippen molar-refractivity contribution in [3.8, 4) is 0 Å². The van der Waals surface area contributed by atoms with Crippen molar-refractivity contribution in [1.29, 1.82) is 0 Å². The van der Waals surface area contributed by atoms with Crippen LogP contribution in [0.15, 0.2) is 24.3 Å². The molecule has 0 amide bonds. The summed E-state index contributed by atoms with van der Waals surface area (Å²) in [5.74, 6) is 0. The highest BCUT2D eigenvalue weighted by Gasteiger charge is 2.20. The average molecular weight is 260 g/mol. The fourth-order valence-corrected chi connectivity index (χ4v) is 4.01. The molecule has 2 heterocycles. The molecule has 0 radical (unpaired) electrons. The zero-order valence-corrected chi connectivity index (χ0v) is 11.9. The number of nitrogens with one attached hydrogen (secondary N) is 1. The lowest BCUT2D eigenvalue weighted by molar-refractivity contribution is 0.200. The SMILES string of the molecule is Cc1c(CC2CNCCN2C)sc2ccccc12. The van der Waals surface area contributed by atoms with Gasteiger partial charge in [-0.3, -0.25) is 0 Å². The molecule has 1 unspecified atom stereocenters. The number of likely N-dealkylation sites (N-methyl/N-ethyl adjacent to an activating group) is 1. The van der Waals surface area contributed by atoms with Crippen molar-refractivity contribution < 1.29 is 0 Å². The Hall–Kier alpha value is -0.900. The van der Waals surface area contributed by atoms with Gasteiger partial charge in [-0.05, 0) is 37.4 Å². The zero-order valence-electron chi connectivity index (χ0n) is 11.1. The van der Waals surface area contributed by atoms with Crippen molar-refractivity contribution in [2.75, 3.05) is 26.7 Å². The molecule has 1 aliphatic rings. The fourth-order valence-electron chi connectivity index (χ4n) is 2.72. The molecule has 1 saturated heterocycles. The van der Waals surface area contributed by atoms with Crippen LogP contribution in [0.25, 0.3) is 10.1 Å². The molecule has 18 heavy (non-hydrogen) atoms. The van der Waals surface area contributed by atoms with Crippen LogP contribution in [-0.4, -0.2) is 37.6 Å². The third-order valence-corrected chi connectivity index (χ3v) is 5.30. The van der Waals surface area contributed by atoms with Crippen LogP contribution in [0.2, 0.25) is 0 Å². The lowest BCUT2D eigenvalue weighted by atomic mass is 10.1. The van der Waals surface area contributed by atoms with Gasteiger partial charge in [0.2, 0.25) is 0 Å². The molecule has 0 bridgehead atoms. The maximum absolute atomic E-state index is 3.50. The molecular weight excluding hydrogens is 240 g/mol. The van der Waals surface area contributed by atoms with Crippen molar-refractivity contribution >= 4 is 21.4 Å². The third-order valence-electron chi connectivity index (χ3n) is 4.01. The minimum Gasteiger partial charge on any atom is -0.314 e. The average Bonchev–Trinajstić information content (AvgIpc) is 2.70. The minimum absolute atomic E-state index is 0.644. The van der Waals surface area contributed by atoms with E-state index in [1.807, 2.05) is 11.3 Å². The van der Waals surface area contributed by atoms with Crippen LogP contribution < -0.4 is 5.32 Å². The molecular formula is C15H20N2S. The van der Waals surface area contributed by atoms with Crippen LogP contribution in [0.3, 0.4) is 0 Å². The molecule has 1 atom stereocenters. The van der Waals surface area contributed by atoms with Crippen molar-refractivity contribution in [2.45, 2.75) is 19.4 Å². The molecule has 2 aromatic rings. The fraction of sp³-hybridized carbons (Fsp3) is 0.467. The summed E-state index contributed by atoms with van der Waals surface area (Å²) in [7, 11) is 2.24. The van der Waals surface area contributed by atoms with Gasteiger partial charge in [0.25, 0.3) is 0 Å². The van der Waals surface area contributed by atoms with E-state index in [1.54, 1.807) is 4.88 Å². The van der Waals surface area contributed by atoms with E-state index in [-0.39, 0.29) is 0 Å². The molecule has 0 aliphatic carbocycles. The Morgan fingerprint density at radius 2 is 2.22 bits per heavy atom. The molecule has 1 aromatic carbocycles. The monoisotopic (exact) mass is 260 g/mol. The number of hydrogen-bond acceptors (Lipinski definition) is 3. The second-order valence-electron chi connectivity index (χ2n) is 5.19. The number of fused-ring (bicyclic) bond motifs is 1. The van der Waals surface area contributed by atoms with E-state index in [2.05, 4.69) is 48.5 Å². The summed E-state index contributed by atoms with van der Waals surface area (Å²) in [4.78, 5) is 4.04. The Bertz CT molecular complexity index is 546. The van der Waals surface area contributed by atoms with Gasteiger partial charge in [-0.1, -0.05) is 18.2 Å². The Labute approximate surface area is 113 Å². The number of nitrogens with zero attached hydrogens (tertiary/aromatic N) is 1. The van der Waals surface area contributed by atoms with E-state index in [0.29, 0.717) is 6.04 Å². The first kappa shape index (κ1) is 12.2. The quantitative estimate of drug-likeness (QED) is 0.893. The van der Waals surface area contributed by atoms with Crippen LogP contribution in [0, 0.1) is 6.92 Å². The van der Waals surface area contributed by atoms with Gasteiger partial charge in [0.05, 0.1) is 0 Å². The van der Waals surface area contributed by atoms with Crippen LogP contribution in [-0.2, 0) is 6.42 Å². The molecule has 2 nitrogen and oxygen atoms in total. The maximum Gasteiger partial charge on any atom is 0.0348 e. The second kappa shape index (κ2) is 5.00. The topological polar surface area (TPSA) is 15.3 Å². The number of thiophene rings is 1. The largest absolute Gasteiger partial charge is 0.314 e. The Morgan fingerprint density at radius 3 is 3.00 bits per heavy atom. The third kappa shape index (κ3) is 2.18. The highest BCUT2D eigenvalue weighted by atomic mass is 32.1. The first-order valence-corrected chi connectivity index (χ1v) is 7.45. The molecule has 3 heteroatoms. The summed E-state index contributed by atoms with van der Waals surface area (Å²) < 4.78 is 1.43. The van der Waals surface area contributed by atoms with Crippen LogP contribution >= 0.6 is 11.3 Å². The number of hydrogen-bond donors (Lipinski definition) is 1. The van der Waals surface area contributed by atoms with Crippen molar-refractivity contribution in [3.05, 3.63) is 34.7 Å². The van der Waals surface area contributed by atoms with Gasteiger partial charge in [0, 0.05) is 35.3 Å². The lowest BCUT2D eigenvalue weighted by Gasteiger charge is -2.33. The van der Waals surface area contributed by atoms with Gasteiger partial charge in [-0.15, -0.1) is 11.3 Å². The summed E-state index contributed by atoms with van der Waals surface area (Å²) in [5, 5.41) is 4.94. The van der Waals surface area contributed by atoms with E-state index in [0.717, 1.165) is 19.6 Å². The highest BCUT2D eigenvalue weighted by Crippen LogP contribution is 2.31. The van der Waals surface area contributed by atoms with E-state index >= 15 is 0 Å². The molecule has 0 spiro atoms. The molecule has 1 aromatic heterocycles. The van der Waals surface area contributed by atoms with Crippen molar-refractivity contribution in [2.24, 2.45) is 0 Å². The standard InChI is InChI=1S/C15H20N2S/c1-11-13-5-3-4-6-14(13)18-15(11)9-12-10-16-7-8-17(12)2/h3-6,12,16H,7-10H2,1-2H3. The lowest BCUT2D eigenvalue weighted by Crippen LogP contribution is -2.50. The van der Waals surface area contributed by atoms with Crippen LogP contribution in [0.1, 0.15) is 10.4 Å². The molecule has 3 rings (SSSR count). The zero-order chi connectivity index (χ0) is 12.5. The predicted octanol–water partition coefficient (Wildman–Crippen LogP) is 2.66. The highest BCUT2D eigenvalue weighted by molar-refractivity contribution is 7.19. The van der Waals surface area contributed by atoms with Gasteiger partial charge in [0.15, 0.2) is 0 Å².